The highest BCUT2D eigenvalue weighted by molar-refractivity contribution is 6.31. The molecule has 2 aromatic carbocycles. The number of benzene rings is 2. The number of hydrogen-bond acceptors (Lipinski definition) is 7. The average Bonchev–Trinajstić information content (AvgIpc) is 3.16. The van der Waals surface area contributed by atoms with Crippen molar-refractivity contribution in [2.45, 2.75) is 19.5 Å². The van der Waals surface area contributed by atoms with Crippen LogP contribution in [-0.2, 0) is 20.8 Å². The molecule has 1 aliphatic rings. The van der Waals surface area contributed by atoms with E-state index >= 15 is 0 Å². The number of esters is 2. The zero-order valence-electron chi connectivity index (χ0n) is 17.6. The highest BCUT2D eigenvalue weighted by atomic mass is 35.5. The van der Waals surface area contributed by atoms with Crippen molar-refractivity contribution in [2.75, 3.05) is 13.2 Å². The molecule has 1 aromatic heterocycles. The van der Waals surface area contributed by atoms with Crippen LogP contribution in [0.1, 0.15) is 34.2 Å². The molecule has 0 aliphatic carbocycles. The molecule has 3 aromatic rings. The smallest absolute Gasteiger partial charge is 0.358 e. The first-order valence-electron chi connectivity index (χ1n) is 10.1. The maximum atomic E-state index is 14.5. The quantitative estimate of drug-likeness (QED) is 0.438. The topological polar surface area (TPSA) is 109 Å². The molecule has 8 nitrogen and oxygen atoms in total. The molecule has 1 atom stereocenters. The maximum Gasteiger partial charge on any atom is 0.358 e. The summed E-state index contributed by atoms with van der Waals surface area (Å²) in [5.41, 5.74) is 8.04. The Labute approximate surface area is 193 Å². The van der Waals surface area contributed by atoms with Gasteiger partial charge < -0.3 is 15.2 Å². The van der Waals surface area contributed by atoms with Gasteiger partial charge in [0.2, 0.25) is 0 Å². The highest BCUT2D eigenvalue weighted by Crippen LogP contribution is 2.28. The van der Waals surface area contributed by atoms with Crippen LogP contribution in [0, 0.1) is 5.82 Å². The van der Waals surface area contributed by atoms with E-state index in [4.69, 9.17) is 26.8 Å². The molecule has 1 aliphatic heterocycles. The number of hydrogen-bond donors (Lipinski definition) is 1. The molecule has 0 unspecified atom stereocenters. The van der Waals surface area contributed by atoms with Crippen LogP contribution in [0.4, 0.5) is 4.39 Å². The number of carbonyl (C=O) groups is 2. The summed E-state index contributed by atoms with van der Waals surface area (Å²) in [5, 5.41) is 4.83. The molecule has 33 heavy (non-hydrogen) atoms. The summed E-state index contributed by atoms with van der Waals surface area (Å²) in [6, 6.07) is 12.3. The zero-order valence-corrected chi connectivity index (χ0v) is 18.4. The Hall–Kier alpha value is -3.56. The summed E-state index contributed by atoms with van der Waals surface area (Å²) in [6.45, 7) is 1.40. The van der Waals surface area contributed by atoms with E-state index in [9.17, 15) is 14.0 Å². The van der Waals surface area contributed by atoms with Crippen molar-refractivity contribution in [1.82, 2.24) is 9.78 Å². The Morgan fingerprint density at radius 1 is 1.15 bits per heavy atom. The van der Waals surface area contributed by atoms with Gasteiger partial charge >= 0.3 is 11.9 Å². The second-order valence-corrected chi connectivity index (χ2v) is 7.77. The first-order chi connectivity index (χ1) is 15.8. The van der Waals surface area contributed by atoms with Gasteiger partial charge in [-0.15, -0.1) is 0 Å². The molecule has 170 valence electrons. The molecule has 4 rings (SSSR count). The van der Waals surface area contributed by atoms with Crippen LogP contribution in [0.25, 0.3) is 5.69 Å². The number of aliphatic imine (C=N–C) groups is 1. The number of nitrogens with two attached hydrogens (primary N) is 1. The van der Waals surface area contributed by atoms with E-state index in [0.29, 0.717) is 33.2 Å². The summed E-state index contributed by atoms with van der Waals surface area (Å²) in [4.78, 5) is 28.4. The lowest BCUT2D eigenvalue weighted by molar-refractivity contribution is -0.145. The van der Waals surface area contributed by atoms with Gasteiger partial charge in [-0.1, -0.05) is 23.7 Å². The molecule has 0 amide bonds. The largest absolute Gasteiger partial charge is 0.461 e. The van der Waals surface area contributed by atoms with Crippen LogP contribution in [0.2, 0.25) is 5.02 Å². The van der Waals surface area contributed by atoms with E-state index in [-0.39, 0.29) is 25.5 Å². The Balaban J connectivity index is 1.60. The van der Waals surface area contributed by atoms with Crippen molar-refractivity contribution < 1.29 is 23.5 Å². The van der Waals surface area contributed by atoms with E-state index in [1.54, 1.807) is 47.1 Å². The van der Waals surface area contributed by atoms with Gasteiger partial charge in [-0.05, 0) is 43.3 Å². The molecule has 0 spiro atoms. The molecule has 2 N–H and O–H groups in total. The SMILES string of the molecule is C[C@H](N)C(=O)OCCOC(=O)c1cc2n(n1)-c1ccc(Cl)cc1C(c1ccccc1F)=NC2. The predicted octanol–water partition coefficient (Wildman–Crippen LogP) is 3.06. The second kappa shape index (κ2) is 9.51. The lowest BCUT2D eigenvalue weighted by Crippen LogP contribution is -2.29. The van der Waals surface area contributed by atoms with Gasteiger partial charge in [0, 0.05) is 16.1 Å². The molecule has 0 saturated heterocycles. The molecule has 0 bridgehead atoms. The third kappa shape index (κ3) is 4.79. The molecular weight excluding hydrogens is 451 g/mol. The maximum absolute atomic E-state index is 14.5. The summed E-state index contributed by atoms with van der Waals surface area (Å²) in [7, 11) is 0. The van der Waals surface area contributed by atoms with Crippen LogP contribution in [0.5, 0.6) is 0 Å². The molecular formula is C23H20ClFN4O4. The van der Waals surface area contributed by atoms with Gasteiger partial charge in [0.1, 0.15) is 25.1 Å². The number of ether oxygens (including phenoxy) is 2. The first kappa shape index (κ1) is 22.6. The van der Waals surface area contributed by atoms with Crippen LogP contribution in [-0.4, -0.2) is 46.7 Å². The van der Waals surface area contributed by atoms with E-state index in [1.165, 1.54) is 13.0 Å². The number of aromatic nitrogens is 2. The summed E-state index contributed by atoms with van der Waals surface area (Å²) in [5.74, 6) is -1.67. The number of carbonyl (C=O) groups excluding carboxylic acids is 2. The van der Waals surface area contributed by atoms with Gasteiger partial charge in [-0.3, -0.25) is 9.79 Å². The molecule has 0 saturated carbocycles. The Bertz CT molecular complexity index is 1260. The molecule has 0 fully saturated rings. The minimum absolute atomic E-state index is 0.0639. The zero-order chi connectivity index (χ0) is 23.5. The number of halogens is 2. The van der Waals surface area contributed by atoms with Crippen molar-refractivity contribution in [1.29, 1.82) is 0 Å². The summed E-state index contributed by atoms with van der Waals surface area (Å²) >= 11 is 6.22. The van der Waals surface area contributed by atoms with Gasteiger partial charge in [0.25, 0.3) is 0 Å². The number of nitrogens with zero attached hydrogens (tertiary/aromatic N) is 3. The van der Waals surface area contributed by atoms with Crippen LogP contribution in [0.3, 0.4) is 0 Å². The monoisotopic (exact) mass is 470 g/mol. The lowest BCUT2D eigenvalue weighted by Gasteiger charge is -2.12. The third-order valence-electron chi connectivity index (χ3n) is 4.89. The van der Waals surface area contributed by atoms with Gasteiger partial charge in [0.05, 0.1) is 23.6 Å². The van der Waals surface area contributed by atoms with Crippen LogP contribution >= 0.6 is 11.6 Å². The normalized spacial score (nSPS) is 13.3. The van der Waals surface area contributed by atoms with Crippen LogP contribution < -0.4 is 5.73 Å². The van der Waals surface area contributed by atoms with E-state index in [1.807, 2.05) is 0 Å². The Kier molecular flexibility index (Phi) is 6.52. The first-order valence-corrected chi connectivity index (χ1v) is 10.5. The third-order valence-corrected chi connectivity index (χ3v) is 5.13. The highest BCUT2D eigenvalue weighted by Gasteiger charge is 2.24. The average molecular weight is 471 g/mol. The van der Waals surface area contributed by atoms with E-state index in [2.05, 4.69) is 10.1 Å². The fourth-order valence-corrected chi connectivity index (χ4v) is 3.51. The minimum Gasteiger partial charge on any atom is -0.461 e. The van der Waals surface area contributed by atoms with E-state index in [0.717, 1.165) is 0 Å². The van der Waals surface area contributed by atoms with Crippen LogP contribution in [0.15, 0.2) is 53.5 Å². The van der Waals surface area contributed by atoms with Crippen molar-refractivity contribution in [3.05, 3.63) is 81.9 Å². The van der Waals surface area contributed by atoms with Gasteiger partial charge in [-0.25, -0.2) is 13.9 Å². The van der Waals surface area contributed by atoms with Gasteiger partial charge in [-0.2, -0.15) is 5.10 Å². The fourth-order valence-electron chi connectivity index (χ4n) is 3.33. The fraction of sp³-hybridized carbons (Fsp3) is 0.217. The molecule has 10 heteroatoms. The van der Waals surface area contributed by atoms with Crippen molar-refractivity contribution in [3.63, 3.8) is 0 Å². The standard InChI is InChI=1S/C23H20ClFN4O4/c1-13(26)22(30)32-8-9-33-23(31)19-11-15-12-27-21(16-4-2-3-5-18(16)25)17-10-14(24)6-7-20(17)29(15)28-19/h2-7,10-11,13H,8-9,12,26H2,1H3/t13-/m0/s1. The van der Waals surface area contributed by atoms with E-state index < -0.39 is 23.8 Å². The number of rotatable bonds is 6. The summed E-state index contributed by atoms with van der Waals surface area (Å²) in [6.07, 6.45) is 0. The van der Waals surface area contributed by atoms with Crippen molar-refractivity contribution in [3.8, 4) is 5.69 Å². The predicted molar refractivity (Wildman–Crippen MR) is 119 cm³/mol. The lowest BCUT2D eigenvalue weighted by atomic mass is 10.00. The summed E-state index contributed by atoms with van der Waals surface area (Å²) < 4.78 is 26.1. The van der Waals surface area contributed by atoms with Crippen molar-refractivity contribution >= 4 is 29.3 Å². The molecule has 2 heterocycles. The number of fused-ring (bicyclic) bond motifs is 3. The van der Waals surface area contributed by atoms with Crippen molar-refractivity contribution in [2.24, 2.45) is 10.7 Å². The Morgan fingerprint density at radius 2 is 1.91 bits per heavy atom. The minimum atomic E-state index is -0.757. The molecule has 0 radical (unpaired) electrons. The second-order valence-electron chi connectivity index (χ2n) is 7.33. The van der Waals surface area contributed by atoms with Gasteiger partial charge in [0.15, 0.2) is 5.69 Å². The Morgan fingerprint density at radius 3 is 2.67 bits per heavy atom.